The lowest BCUT2D eigenvalue weighted by atomic mass is 11.0. The predicted molar refractivity (Wildman–Crippen MR) is 42.8 cm³/mol. The third-order valence-corrected chi connectivity index (χ3v) is 3.71. The van der Waals surface area contributed by atoms with E-state index in [2.05, 4.69) is 24.5 Å². The zero-order valence-electron chi connectivity index (χ0n) is 3.46. The van der Waals surface area contributed by atoms with E-state index in [1.54, 1.807) is 0 Å². The van der Waals surface area contributed by atoms with Crippen LogP contribution in [-0.2, 0) is 11.8 Å². The Bertz CT molecular complexity index is 72.9. The molecule has 0 aliphatic heterocycles. The van der Waals surface area contributed by atoms with Crippen molar-refractivity contribution < 1.29 is 0 Å². The summed E-state index contributed by atoms with van der Waals surface area (Å²) in [6, 6.07) is 0. The van der Waals surface area contributed by atoms with Crippen molar-refractivity contribution in [2.45, 2.75) is 6.92 Å². The fraction of sp³-hybridized carbons (Fsp3) is 1.00. The van der Waals surface area contributed by atoms with E-state index < -0.39 is 4.44 Å². The van der Waals surface area contributed by atoms with Crippen LogP contribution in [-0.4, -0.2) is 6.16 Å². The summed E-state index contributed by atoms with van der Waals surface area (Å²) in [6.45, 7) is 2.00. The average molecular weight is 158 g/mol. The lowest BCUT2D eigenvalue weighted by Crippen LogP contribution is -1.59. The van der Waals surface area contributed by atoms with E-state index >= 15 is 0 Å². The van der Waals surface area contributed by atoms with Gasteiger partial charge in [0.2, 0.25) is 0 Å². The summed E-state index contributed by atoms with van der Waals surface area (Å²) in [6.07, 6.45) is 0.925. The molecule has 0 aromatic heterocycles. The van der Waals surface area contributed by atoms with Gasteiger partial charge in [0, 0.05) is 0 Å². The zero-order valence-corrected chi connectivity index (χ0v) is 6.96. The van der Waals surface area contributed by atoms with Crippen molar-refractivity contribution in [3.8, 4) is 0 Å². The highest BCUT2D eigenvalue weighted by atomic mass is 33.2. The van der Waals surface area contributed by atoms with Gasteiger partial charge in [0.25, 0.3) is 0 Å². The molecule has 0 aromatic rings. The molecule has 0 saturated carbocycles. The van der Waals surface area contributed by atoms with Crippen molar-refractivity contribution in [3.05, 3.63) is 0 Å². The highest BCUT2D eigenvalue weighted by Crippen LogP contribution is 2.54. The molecule has 0 unspecified atom stereocenters. The minimum absolute atomic E-state index is 0.925. The summed E-state index contributed by atoms with van der Waals surface area (Å²) < 4.78 is -1.42. The Morgan fingerprint density at radius 3 is 1.83 bits per heavy atom. The molecule has 0 aromatic carbocycles. The van der Waals surface area contributed by atoms with Crippen LogP contribution in [0.1, 0.15) is 6.92 Å². The average Bonchev–Trinajstić information content (AvgIpc) is 1.35. The molecule has 0 amide bonds. The SMILES string of the molecule is CCP(=S)(S)S. The maximum Gasteiger partial charge on any atom is 0.0511 e. The van der Waals surface area contributed by atoms with Gasteiger partial charge in [0.15, 0.2) is 0 Å². The van der Waals surface area contributed by atoms with Crippen LogP contribution in [0, 0.1) is 0 Å². The molecule has 0 N–H and O–H groups in total. The van der Waals surface area contributed by atoms with Gasteiger partial charge in [-0.25, -0.2) is 0 Å². The Morgan fingerprint density at radius 1 is 1.67 bits per heavy atom. The second kappa shape index (κ2) is 2.61. The second-order valence-electron chi connectivity index (χ2n) is 0.981. The van der Waals surface area contributed by atoms with Gasteiger partial charge >= 0.3 is 0 Å². The molecular formula is C2H7PS3. The highest BCUT2D eigenvalue weighted by Gasteiger charge is 1.95. The first-order valence-electron chi connectivity index (χ1n) is 1.61. The minimum Gasteiger partial charge on any atom is -0.132 e. The summed E-state index contributed by atoms with van der Waals surface area (Å²) in [5.41, 5.74) is 0. The van der Waals surface area contributed by atoms with Crippen LogP contribution in [0.3, 0.4) is 0 Å². The second-order valence-corrected chi connectivity index (χ2v) is 11.5. The Kier molecular flexibility index (Phi) is 3.19. The lowest BCUT2D eigenvalue weighted by molar-refractivity contribution is 1.53. The van der Waals surface area contributed by atoms with Gasteiger partial charge in [-0.2, -0.15) is 0 Å². The van der Waals surface area contributed by atoms with Gasteiger partial charge in [-0.15, -0.1) is 24.5 Å². The van der Waals surface area contributed by atoms with E-state index in [-0.39, 0.29) is 0 Å². The molecule has 6 heavy (non-hydrogen) atoms. The Balaban J connectivity index is 3.48. The third kappa shape index (κ3) is 5.35. The van der Waals surface area contributed by atoms with Crippen LogP contribution in [0.5, 0.6) is 0 Å². The molecule has 0 radical (unpaired) electrons. The zero-order chi connectivity index (χ0) is 5.21. The molecule has 0 rings (SSSR count). The van der Waals surface area contributed by atoms with Gasteiger partial charge in [0.05, 0.1) is 4.44 Å². The standard InChI is InChI=1S/C2H7PS3/c1-2-3(4,5)6/h2H2,1H3,(H2,4,5,6). The van der Waals surface area contributed by atoms with Crippen LogP contribution in [0.2, 0.25) is 0 Å². The molecule has 0 saturated heterocycles. The van der Waals surface area contributed by atoms with Crippen molar-refractivity contribution in [2.24, 2.45) is 0 Å². The number of hydrogen-bond donors (Lipinski definition) is 2. The monoisotopic (exact) mass is 158 g/mol. The summed E-state index contributed by atoms with van der Waals surface area (Å²) >= 11 is 12.9. The minimum atomic E-state index is -1.42. The van der Waals surface area contributed by atoms with Crippen LogP contribution in [0.4, 0.5) is 0 Å². The molecular weight excluding hydrogens is 151 g/mol. The molecule has 38 valence electrons. The molecule has 0 aliphatic carbocycles. The van der Waals surface area contributed by atoms with Crippen LogP contribution >= 0.6 is 28.9 Å². The smallest absolute Gasteiger partial charge is 0.0511 e. The molecule has 4 heteroatoms. The normalized spacial score (nSPS) is 11.8. The van der Waals surface area contributed by atoms with E-state index in [9.17, 15) is 0 Å². The maximum absolute atomic E-state index is 4.83. The Labute approximate surface area is 54.0 Å². The van der Waals surface area contributed by atoms with Crippen molar-refractivity contribution in [1.29, 1.82) is 0 Å². The first kappa shape index (κ1) is 7.35. The quantitative estimate of drug-likeness (QED) is 0.435. The van der Waals surface area contributed by atoms with E-state index in [1.807, 2.05) is 6.92 Å². The fourth-order valence-corrected chi connectivity index (χ4v) is 0. The summed E-state index contributed by atoms with van der Waals surface area (Å²) in [5, 5.41) is 0. The van der Waals surface area contributed by atoms with E-state index in [0.717, 1.165) is 6.16 Å². The maximum atomic E-state index is 4.83. The van der Waals surface area contributed by atoms with Crippen LogP contribution < -0.4 is 0 Å². The van der Waals surface area contributed by atoms with Crippen molar-refractivity contribution in [3.63, 3.8) is 0 Å². The van der Waals surface area contributed by atoms with Gasteiger partial charge in [-0.1, -0.05) is 18.7 Å². The molecule has 0 heterocycles. The van der Waals surface area contributed by atoms with Crippen molar-refractivity contribution in [2.75, 3.05) is 6.16 Å². The fourth-order valence-electron chi connectivity index (χ4n) is 0. The first-order valence-corrected chi connectivity index (χ1v) is 6.90. The molecule has 0 spiro atoms. The summed E-state index contributed by atoms with van der Waals surface area (Å²) in [5.74, 6) is 0. The number of hydrogen-bond acceptors (Lipinski definition) is 1. The van der Waals surface area contributed by atoms with Crippen LogP contribution in [0.25, 0.3) is 0 Å². The number of rotatable bonds is 1. The van der Waals surface area contributed by atoms with Gasteiger partial charge in [0.1, 0.15) is 0 Å². The first-order chi connectivity index (χ1) is 2.56. The van der Waals surface area contributed by atoms with Gasteiger partial charge < -0.3 is 0 Å². The molecule has 0 nitrogen and oxygen atoms in total. The third-order valence-electron chi connectivity index (χ3n) is 0.412. The summed E-state index contributed by atoms with van der Waals surface area (Å²) in [7, 11) is 0. The largest absolute Gasteiger partial charge is 0.132 e. The molecule has 0 fully saturated rings. The molecule has 0 aliphatic rings. The van der Waals surface area contributed by atoms with E-state index in [0.29, 0.717) is 0 Å². The molecule has 0 bridgehead atoms. The molecule has 0 atom stereocenters. The Hall–Kier alpha value is 1.35. The lowest BCUT2D eigenvalue weighted by Gasteiger charge is -1.98. The van der Waals surface area contributed by atoms with Crippen molar-refractivity contribution >= 4 is 40.7 Å². The topological polar surface area (TPSA) is 0 Å². The highest BCUT2D eigenvalue weighted by molar-refractivity contribution is 8.92. The van der Waals surface area contributed by atoms with Gasteiger partial charge in [-0.05, 0) is 6.16 Å². The van der Waals surface area contributed by atoms with Crippen molar-refractivity contribution in [1.82, 2.24) is 0 Å². The summed E-state index contributed by atoms with van der Waals surface area (Å²) in [4.78, 5) is 0. The van der Waals surface area contributed by atoms with Crippen LogP contribution in [0.15, 0.2) is 0 Å². The Morgan fingerprint density at radius 2 is 1.83 bits per heavy atom. The predicted octanol–water partition coefficient (Wildman–Crippen LogP) is 2.18. The van der Waals surface area contributed by atoms with E-state index in [1.165, 1.54) is 0 Å². The van der Waals surface area contributed by atoms with E-state index in [4.69, 9.17) is 11.8 Å². The van der Waals surface area contributed by atoms with Gasteiger partial charge in [-0.3, -0.25) is 0 Å². The number of thiol groups is 2.